The first kappa shape index (κ1) is 9.65. The summed E-state index contributed by atoms with van der Waals surface area (Å²) in [6.07, 6.45) is 1.73. The Morgan fingerprint density at radius 3 is 2.77 bits per heavy atom. The summed E-state index contributed by atoms with van der Waals surface area (Å²) < 4.78 is 1.06. The summed E-state index contributed by atoms with van der Waals surface area (Å²) in [5, 5.41) is 12.0. The summed E-state index contributed by atoms with van der Waals surface area (Å²) in [6.45, 7) is 0.585. The van der Waals surface area contributed by atoms with Crippen LogP contribution in [0.2, 0.25) is 0 Å². The molecule has 1 aliphatic carbocycles. The molecular formula is C9H12BrNOS. The highest BCUT2D eigenvalue weighted by atomic mass is 79.9. The maximum absolute atomic E-state index is 10.0. The van der Waals surface area contributed by atoms with Crippen LogP contribution in [-0.4, -0.2) is 11.7 Å². The SMILES string of the molecule is NCC1(C(O)c2csc(Br)c2)CC1. The molecule has 13 heavy (non-hydrogen) atoms. The van der Waals surface area contributed by atoms with Crippen molar-refractivity contribution in [2.45, 2.75) is 18.9 Å². The number of hydrogen-bond donors (Lipinski definition) is 2. The number of aliphatic hydroxyl groups excluding tert-OH is 1. The van der Waals surface area contributed by atoms with Crippen LogP contribution in [0.3, 0.4) is 0 Å². The fourth-order valence-electron chi connectivity index (χ4n) is 1.57. The van der Waals surface area contributed by atoms with E-state index in [0.29, 0.717) is 6.54 Å². The summed E-state index contributed by atoms with van der Waals surface area (Å²) >= 11 is 4.99. The van der Waals surface area contributed by atoms with Gasteiger partial charge in [-0.05, 0) is 45.8 Å². The number of aliphatic hydroxyl groups is 1. The van der Waals surface area contributed by atoms with Gasteiger partial charge >= 0.3 is 0 Å². The lowest BCUT2D eigenvalue weighted by atomic mass is 9.95. The number of thiophene rings is 1. The molecule has 0 amide bonds. The van der Waals surface area contributed by atoms with Crippen molar-refractivity contribution in [1.29, 1.82) is 0 Å². The standard InChI is InChI=1S/C9H12BrNOS/c10-7-3-6(4-13-7)8(12)9(5-11)1-2-9/h3-4,8,12H,1-2,5,11H2. The first-order valence-corrected chi connectivity index (χ1v) is 5.97. The molecule has 1 aliphatic rings. The second-order valence-electron chi connectivity index (χ2n) is 3.65. The third kappa shape index (κ3) is 1.68. The summed E-state index contributed by atoms with van der Waals surface area (Å²) in [6, 6.07) is 1.98. The summed E-state index contributed by atoms with van der Waals surface area (Å²) in [7, 11) is 0. The molecule has 1 aromatic heterocycles. The second kappa shape index (κ2) is 3.35. The van der Waals surface area contributed by atoms with Crippen LogP contribution < -0.4 is 5.73 Å². The smallest absolute Gasteiger partial charge is 0.0866 e. The van der Waals surface area contributed by atoms with Crippen LogP contribution in [0, 0.1) is 5.41 Å². The van der Waals surface area contributed by atoms with Crippen molar-refractivity contribution < 1.29 is 5.11 Å². The number of rotatable bonds is 3. The van der Waals surface area contributed by atoms with Crippen molar-refractivity contribution in [3.8, 4) is 0 Å². The molecule has 1 fully saturated rings. The van der Waals surface area contributed by atoms with Gasteiger partial charge in [0.05, 0.1) is 9.89 Å². The molecule has 2 rings (SSSR count). The minimum Gasteiger partial charge on any atom is -0.388 e. The lowest BCUT2D eigenvalue weighted by molar-refractivity contribution is 0.0979. The van der Waals surface area contributed by atoms with Gasteiger partial charge in [0.25, 0.3) is 0 Å². The first-order chi connectivity index (χ1) is 6.18. The zero-order valence-electron chi connectivity index (χ0n) is 7.16. The van der Waals surface area contributed by atoms with Crippen molar-refractivity contribution in [3.63, 3.8) is 0 Å². The van der Waals surface area contributed by atoms with Crippen molar-refractivity contribution in [3.05, 3.63) is 20.8 Å². The molecule has 0 saturated heterocycles. The molecule has 1 atom stereocenters. The van der Waals surface area contributed by atoms with E-state index in [9.17, 15) is 5.11 Å². The van der Waals surface area contributed by atoms with E-state index in [4.69, 9.17) is 5.73 Å². The van der Waals surface area contributed by atoms with Crippen molar-refractivity contribution in [2.24, 2.45) is 11.1 Å². The molecule has 0 aliphatic heterocycles. The quantitative estimate of drug-likeness (QED) is 0.877. The average molecular weight is 262 g/mol. The van der Waals surface area contributed by atoms with Crippen LogP contribution >= 0.6 is 27.3 Å². The largest absolute Gasteiger partial charge is 0.388 e. The molecule has 0 bridgehead atoms. The maximum atomic E-state index is 10.0. The highest BCUT2D eigenvalue weighted by molar-refractivity contribution is 9.11. The van der Waals surface area contributed by atoms with Crippen LogP contribution in [-0.2, 0) is 0 Å². The minimum absolute atomic E-state index is 0.0134. The zero-order valence-corrected chi connectivity index (χ0v) is 9.57. The lowest BCUT2D eigenvalue weighted by Gasteiger charge is -2.19. The Kier molecular flexibility index (Phi) is 2.49. The van der Waals surface area contributed by atoms with Crippen molar-refractivity contribution in [1.82, 2.24) is 0 Å². The van der Waals surface area contributed by atoms with Crippen LogP contribution in [0.5, 0.6) is 0 Å². The molecule has 1 unspecified atom stereocenters. The van der Waals surface area contributed by atoms with E-state index < -0.39 is 0 Å². The monoisotopic (exact) mass is 261 g/mol. The number of halogens is 1. The van der Waals surface area contributed by atoms with Crippen molar-refractivity contribution >= 4 is 27.3 Å². The van der Waals surface area contributed by atoms with Gasteiger partial charge in [0.1, 0.15) is 0 Å². The second-order valence-corrected chi connectivity index (χ2v) is 5.94. The van der Waals surface area contributed by atoms with E-state index >= 15 is 0 Å². The van der Waals surface area contributed by atoms with Crippen LogP contribution in [0.1, 0.15) is 24.5 Å². The Morgan fingerprint density at radius 1 is 1.69 bits per heavy atom. The molecular weight excluding hydrogens is 250 g/mol. The molecule has 1 aromatic rings. The normalized spacial score (nSPS) is 21.5. The zero-order chi connectivity index (χ0) is 9.47. The van der Waals surface area contributed by atoms with Crippen LogP contribution in [0.15, 0.2) is 15.2 Å². The topological polar surface area (TPSA) is 46.2 Å². The van der Waals surface area contributed by atoms with Gasteiger partial charge in [-0.2, -0.15) is 0 Å². The molecule has 0 aromatic carbocycles. The molecule has 1 saturated carbocycles. The van der Waals surface area contributed by atoms with E-state index in [-0.39, 0.29) is 11.5 Å². The maximum Gasteiger partial charge on any atom is 0.0866 e. The Morgan fingerprint density at radius 2 is 2.38 bits per heavy atom. The van der Waals surface area contributed by atoms with E-state index in [1.54, 1.807) is 11.3 Å². The molecule has 4 heteroatoms. The van der Waals surface area contributed by atoms with E-state index in [1.807, 2.05) is 11.4 Å². The van der Waals surface area contributed by atoms with Gasteiger partial charge in [0, 0.05) is 12.0 Å². The van der Waals surface area contributed by atoms with Gasteiger partial charge in [-0.1, -0.05) is 0 Å². The van der Waals surface area contributed by atoms with Crippen molar-refractivity contribution in [2.75, 3.05) is 6.54 Å². The predicted octanol–water partition coefficient (Wildman–Crippen LogP) is 2.28. The minimum atomic E-state index is -0.375. The van der Waals surface area contributed by atoms with E-state index in [1.165, 1.54) is 0 Å². The van der Waals surface area contributed by atoms with E-state index in [2.05, 4.69) is 15.9 Å². The third-order valence-electron chi connectivity index (χ3n) is 2.78. The fourth-order valence-corrected chi connectivity index (χ4v) is 2.76. The molecule has 72 valence electrons. The number of nitrogens with two attached hydrogens (primary N) is 1. The summed E-state index contributed by atoms with van der Waals surface area (Å²) in [5.41, 5.74) is 6.63. The Balaban J connectivity index is 2.17. The van der Waals surface area contributed by atoms with Gasteiger partial charge in [-0.25, -0.2) is 0 Å². The molecule has 0 spiro atoms. The van der Waals surface area contributed by atoms with Gasteiger partial charge in [0.15, 0.2) is 0 Å². The highest BCUT2D eigenvalue weighted by Gasteiger charge is 2.48. The van der Waals surface area contributed by atoms with Gasteiger partial charge < -0.3 is 10.8 Å². The Labute approximate surface area is 89.9 Å². The van der Waals surface area contributed by atoms with Gasteiger partial charge in [0.2, 0.25) is 0 Å². The Hall–Kier alpha value is 0.100. The molecule has 3 N–H and O–H groups in total. The molecule has 2 nitrogen and oxygen atoms in total. The van der Waals surface area contributed by atoms with Crippen LogP contribution in [0.4, 0.5) is 0 Å². The number of hydrogen-bond acceptors (Lipinski definition) is 3. The first-order valence-electron chi connectivity index (χ1n) is 4.30. The fraction of sp³-hybridized carbons (Fsp3) is 0.556. The van der Waals surface area contributed by atoms with Crippen LogP contribution in [0.25, 0.3) is 0 Å². The lowest BCUT2D eigenvalue weighted by Crippen LogP contribution is -2.23. The predicted molar refractivity (Wildman–Crippen MR) is 57.7 cm³/mol. The average Bonchev–Trinajstić information content (AvgIpc) is 2.82. The summed E-state index contributed by atoms with van der Waals surface area (Å²) in [5.74, 6) is 0. The Bertz CT molecular complexity index is 308. The molecule has 0 radical (unpaired) electrons. The van der Waals surface area contributed by atoms with E-state index in [0.717, 1.165) is 22.2 Å². The highest BCUT2D eigenvalue weighted by Crippen LogP contribution is 2.54. The van der Waals surface area contributed by atoms with Gasteiger partial charge in [-0.3, -0.25) is 0 Å². The third-order valence-corrected chi connectivity index (χ3v) is 4.30. The summed E-state index contributed by atoms with van der Waals surface area (Å²) in [4.78, 5) is 0. The molecule has 1 heterocycles. The van der Waals surface area contributed by atoms with Gasteiger partial charge in [-0.15, -0.1) is 11.3 Å².